The van der Waals surface area contributed by atoms with Gasteiger partial charge in [-0.15, -0.1) is 5.10 Å². The lowest BCUT2D eigenvalue weighted by Crippen LogP contribution is -2.01. The molecule has 82 valence electrons. The molecular formula is C9H7ClN4O2. The van der Waals surface area contributed by atoms with Crippen LogP contribution in [-0.4, -0.2) is 33.1 Å². The number of rotatable bonds is 2. The van der Waals surface area contributed by atoms with Gasteiger partial charge >= 0.3 is 5.97 Å². The van der Waals surface area contributed by atoms with Crippen molar-refractivity contribution in [2.45, 2.75) is 0 Å². The number of aromatic nitrogens is 4. The van der Waals surface area contributed by atoms with Gasteiger partial charge < -0.3 is 4.74 Å². The summed E-state index contributed by atoms with van der Waals surface area (Å²) in [5.74, 6) is -0.0663. The molecule has 6 nitrogen and oxygen atoms in total. The lowest BCUT2D eigenvalue weighted by atomic mass is 10.4. The summed E-state index contributed by atoms with van der Waals surface area (Å²) >= 11 is 5.73. The normalized spacial score (nSPS) is 10.1. The Balaban J connectivity index is 2.35. The Bertz CT molecular complexity index is 526. The third-order valence-corrected chi connectivity index (χ3v) is 2.03. The molecule has 0 radical (unpaired) electrons. The fourth-order valence-corrected chi connectivity index (χ4v) is 1.26. The lowest BCUT2D eigenvalue weighted by molar-refractivity contribution is 0.0594. The van der Waals surface area contributed by atoms with Crippen LogP contribution in [-0.2, 0) is 4.74 Å². The van der Waals surface area contributed by atoms with Gasteiger partial charge in [0.2, 0.25) is 0 Å². The summed E-state index contributed by atoms with van der Waals surface area (Å²) in [6.07, 6.45) is 1.42. The van der Waals surface area contributed by atoms with Gasteiger partial charge in [-0.05, 0) is 12.1 Å². The number of hydrogen-bond acceptors (Lipinski definition) is 5. The van der Waals surface area contributed by atoms with Crippen LogP contribution in [0.25, 0.3) is 5.82 Å². The fourth-order valence-electron chi connectivity index (χ4n) is 1.10. The predicted octanol–water partition coefficient (Wildman–Crippen LogP) is 1.10. The first-order chi connectivity index (χ1) is 7.70. The van der Waals surface area contributed by atoms with Gasteiger partial charge in [0.15, 0.2) is 11.5 Å². The number of carbonyl (C=O) groups excluding carboxylic acids is 1. The molecule has 2 aromatic heterocycles. The predicted molar refractivity (Wildman–Crippen MR) is 55.5 cm³/mol. The minimum Gasteiger partial charge on any atom is -0.464 e. The summed E-state index contributed by atoms with van der Waals surface area (Å²) in [6, 6.07) is 5.06. The number of halogens is 1. The van der Waals surface area contributed by atoms with Crippen molar-refractivity contribution >= 4 is 17.6 Å². The molecule has 0 saturated heterocycles. The topological polar surface area (TPSA) is 69.9 Å². The van der Waals surface area contributed by atoms with E-state index in [4.69, 9.17) is 11.6 Å². The number of ether oxygens (including phenoxy) is 1. The van der Waals surface area contributed by atoms with Crippen molar-refractivity contribution in [2.24, 2.45) is 0 Å². The van der Waals surface area contributed by atoms with Gasteiger partial charge in [0, 0.05) is 0 Å². The maximum Gasteiger partial charge on any atom is 0.360 e. The van der Waals surface area contributed by atoms with Gasteiger partial charge in [-0.25, -0.2) is 14.5 Å². The summed E-state index contributed by atoms with van der Waals surface area (Å²) in [7, 11) is 1.28. The van der Waals surface area contributed by atoms with E-state index in [1.54, 1.807) is 18.2 Å². The smallest absolute Gasteiger partial charge is 0.360 e. The van der Waals surface area contributed by atoms with E-state index in [9.17, 15) is 4.79 Å². The van der Waals surface area contributed by atoms with Crippen LogP contribution in [0, 0.1) is 0 Å². The molecule has 0 aromatic carbocycles. The van der Waals surface area contributed by atoms with Crippen molar-refractivity contribution in [2.75, 3.05) is 7.11 Å². The van der Waals surface area contributed by atoms with Gasteiger partial charge in [0.05, 0.1) is 13.3 Å². The van der Waals surface area contributed by atoms with Crippen LogP contribution in [0.5, 0.6) is 0 Å². The average Bonchev–Trinajstić information content (AvgIpc) is 2.77. The molecule has 2 rings (SSSR count). The van der Waals surface area contributed by atoms with Crippen LogP contribution in [0.1, 0.15) is 10.5 Å². The third kappa shape index (κ3) is 2.01. The first-order valence-corrected chi connectivity index (χ1v) is 4.72. The van der Waals surface area contributed by atoms with Crippen LogP contribution in [0.4, 0.5) is 0 Å². The Morgan fingerprint density at radius 3 is 3.00 bits per heavy atom. The highest BCUT2D eigenvalue weighted by molar-refractivity contribution is 6.29. The third-order valence-electron chi connectivity index (χ3n) is 1.82. The lowest BCUT2D eigenvalue weighted by Gasteiger charge is -1.97. The molecule has 0 fully saturated rings. The first kappa shape index (κ1) is 10.6. The van der Waals surface area contributed by atoms with E-state index in [0.29, 0.717) is 11.0 Å². The van der Waals surface area contributed by atoms with Crippen molar-refractivity contribution in [1.82, 2.24) is 20.0 Å². The maximum atomic E-state index is 11.1. The Morgan fingerprint density at radius 2 is 2.31 bits per heavy atom. The SMILES string of the molecule is COC(=O)c1cn(-c2cccc(Cl)n2)nn1. The average molecular weight is 239 g/mol. The van der Waals surface area contributed by atoms with E-state index >= 15 is 0 Å². The fraction of sp³-hybridized carbons (Fsp3) is 0.111. The Kier molecular flexibility index (Phi) is 2.82. The van der Waals surface area contributed by atoms with Crippen LogP contribution in [0.3, 0.4) is 0 Å². The van der Waals surface area contributed by atoms with Gasteiger partial charge in [-0.3, -0.25) is 0 Å². The van der Waals surface area contributed by atoms with Gasteiger partial charge in [-0.2, -0.15) is 0 Å². The second kappa shape index (κ2) is 4.28. The number of carbonyl (C=O) groups is 1. The molecule has 0 spiro atoms. The highest BCUT2D eigenvalue weighted by atomic mass is 35.5. The van der Waals surface area contributed by atoms with E-state index < -0.39 is 5.97 Å². The molecule has 7 heteroatoms. The van der Waals surface area contributed by atoms with Crippen LogP contribution in [0.15, 0.2) is 24.4 Å². The van der Waals surface area contributed by atoms with Crippen molar-refractivity contribution in [3.05, 3.63) is 35.2 Å². The number of esters is 1. The zero-order chi connectivity index (χ0) is 11.5. The number of nitrogens with zero attached hydrogens (tertiary/aromatic N) is 4. The highest BCUT2D eigenvalue weighted by Gasteiger charge is 2.11. The monoisotopic (exact) mass is 238 g/mol. The van der Waals surface area contributed by atoms with E-state index in [-0.39, 0.29) is 5.69 Å². The van der Waals surface area contributed by atoms with E-state index in [1.807, 2.05) is 0 Å². The van der Waals surface area contributed by atoms with E-state index in [2.05, 4.69) is 20.0 Å². The van der Waals surface area contributed by atoms with Crippen molar-refractivity contribution in [3.63, 3.8) is 0 Å². The van der Waals surface area contributed by atoms with Crippen LogP contribution in [0.2, 0.25) is 5.15 Å². The quantitative estimate of drug-likeness (QED) is 0.579. The van der Waals surface area contributed by atoms with Crippen LogP contribution < -0.4 is 0 Å². The zero-order valence-corrected chi connectivity index (χ0v) is 9.05. The molecule has 16 heavy (non-hydrogen) atoms. The second-order valence-corrected chi connectivity index (χ2v) is 3.25. The molecule has 0 aliphatic heterocycles. The van der Waals surface area contributed by atoms with Gasteiger partial charge in [0.1, 0.15) is 5.15 Å². The molecular weight excluding hydrogens is 232 g/mol. The number of methoxy groups -OCH3 is 1. The molecule has 0 saturated carbocycles. The van der Waals surface area contributed by atoms with Gasteiger partial charge in [0.25, 0.3) is 0 Å². The van der Waals surface area contributed by atoms with Crippen molar-refractivity contribution in [3.8, 4) is 5.82 Å². The zero-order valence-electron chi connectivity index (χ0n) is 8.29. The molecule has 0 bridgehead atoms. The van der Waals surface area contributed by atoms with E-state index in [0.717, 1.165) is 0 Å². The minimum atomic E-state index is -0.548. The van der Waals surface area contributed by atoms with Crippen molar-refractivity contribution < 1.29 is 9.53 Å². The largest absolute Gasteiger partial charge is 0.464 e. The number of hydrogen-bond donors (Lipinski definition) is 0. The molecule has 0 aliphatic carbocycles. The maximum absolute atomic E-state index is 11.1. The molecule has 2 heterocycles. The molecule has 0 unspecified atom stereocenters. The van der Waals surface area contributed by atoms with Gasteiger partial charge in [-0.1, -0.05) is 22.9 Å². The van der Waals surface area contributed by atoms with Crippen LogP contribution >= 0.6 is 11.6 Å². The Morgan fingerprint density at radius 1 is 1.50 bits per heavy atom. The molecule has 0 aliphatic rings. The summed E-state index contributed by atoms with van der Waals surface area (Å²) in [5.41, 5.74) is 0.115. The first-order valence-electron chi connectivity index (χ1n) is 4.34. The summed E-state index contributed by atoms with van der Waals surface area (Å²) in [6.45, 7) is 0. The Labute approximate surface area is 95.8 Å². The molecule has 0 atom stereocenters. The molecule has 0 amide bonds. The standard InChI is InChI=1S/C9H7ClN4O2/c1-16-9(15)6-5-14(13-12-6)8-4-2-3-7(10)11-8/h2-5H,1H3. The summed E-state index contributed by atoms with van der Waals surface area (Å²) in [4.78, 5) is 15.2. The second-order valence-electron chi connectivity index (χ2n) is 2.86. The molecule has 0 N–H and O–H groups in total. The highest BCUT2D eigenvalue weighted by Crippen LogP contribution is 2.09. The van der Waals surface area contributed by atoms with Crippen molar-refractivity contribution in [1.29, 1.82) is 0 Å². The summed E-state index contributed by atoms with van der Waals surface area (Å²) in [5, 5.41) is 7.73. The minimum absolute atomic E-state index is 0.115. The summed E-state index contributed by atoms with van der Waals surface area (Å²) < 4.78 is 5.85. The molecule has 2 aromatic rings. The number of pyridine rings is 1. The van der Waals surface area contributed by atoms with E-state index in [1.165, 1.54) is 18.0 Å². The Hall–Kier alpha value is -1.95.